The maximum atomic E-state index is 12.7. The van der Waals surface area contributed by atoms with Crippen molar-refractivity contribution < 1.29 is 14.5 Å². The van der Waals surface area contributed by atoms with Crippen molar-refractivity contribution in [3.63, 3.8) is 0 Å². The molecule has 1 amide bonds. The minimum absolute atomic E-state index is 0.170. The van der Waals surface area contributed by atoms with Crippen molar-refractivity contribution in [1.29, 1.82) is 0 Å². The van der Waals surface area contributed by atoms with Crippen molar-refractivity contribution in [2.24, 2.45) is 0 Å². The van der Waals surface area contributed by atoms with Gasteiger partial charge in [-0.2, -0.15) is 0 Å². The summed E-state index contributed by atoms with van der Waals surface area (Å²) in [7, 11) is 1.60. The zero-order valence-corrected chi connectivity index (χ0v) is 18.5. The first-order valence-electron chi connectivity index (χ1n) is 10.0. The van der Waals surface area contributed by atoms with Gasteiger partial charge in [0.15, 0.2) is 5.13 Å². The molecule has 4 rings (SSSR count). The molecule has 2 N–H and O–H groups in total. The number of nitrogens with one attached hydrogen (secondary N) is 2. The predicted octanol–water partition coefficient (Wildman–Crippen LogP) is 5.59. The molecule has 8 nitrogen and oxygen atoms in total. The summed E-state index contributed by atoms with van der Waals surface area (Å²) in [5.41, 5.74) is 2.94. The lowest BCUT2D eigenvalue weighted by atomic mass is 10.1. The summed E-state index contributed by atoms with van der Waals surface area (Å²) < 4.78 is 5.16. The van der Waals surface area contributed by atoms with Crippen LogP contribution in [-0.4, -0.2) is 22.9 Å². The number of nitrogens with zero attached hydrogens (tertiary/aromatic N) is 2. The Balaban J connectivity index is 1.47. The second-order valence-electron chi connectivity index (χ2n) is 7.05. The molecule has 0 fully saturated rings. The van der Waals surface area contributed by atoms with Crippen molar-refractivity contribution >= 4 is 33.8 Å². The van der Waals surface area contributed by atoms with E-state index >= 15 is 0 Å². The zero-order chi connectivity index (χ0) is 23.2. The predicted molar refractivity (Wildman–Crippen MR) is 129 cm³/mol. The van der Waals surface area contributed by atoms with E-state index in [-0.39, 0.29) is 11.3 Å². The molecule has 1 aromatic heterocycles. The Morgan fingerprint density at radius 2 is 1.85 bits per heavy atom. The van der Waals surface area contributed by atoms with E-state index < -0.39 is 10.8 Å². The maximum absolute atomic E-state index is 12.7. The first kappa shape index (κ1) is 22.0. The highest BCUT2D eigenvalue weighted by molar-refractivity contribution is 7.14. The van der Waals surface area contributed by atoms with Crippen LogP contribution in [0.3, 0.4) is 0 Å². The Bertz CT molecular complexity index is 1270. The van der Waals surface area contributed by atoms with Crippen molar-refractivity contribution in [3.8, 4) is 17.0 Å². The smallest absolute Gasteiger partial charge is 0.293 e. The van der Waals surface area contributed by atoms with Gasteiger partial charge in [0.05, 0.1) is 17.7 Å². The van der Waals surface area contributed by atoms with Gasteiger partial charge in [-0.05, 0) is 42.0 Å². The fourth-order valence-electron chi connectivity index (χ4n) is 3.16. The van der Waals surface area contributed by atoms with Crippen molar-refractivity contribution in [1.82, 2.24) is 4.98 Å². The van der Waals surface area contributed by atoms with Crippen LogP contribution in [-0.2, 0) is 6.54 Å². The van der Waals surface area contributed by atoms with Crippen molar-refractivity contribution in [3.05, 3.63) is 99.4 Å². The number of aromatic nitrogens is 1. The van der Waals surface area contributed by atoms with Crippen LogP contribution in [0.5, 0.6) is 5.75 Å². The quantitative estimate of drug-likeness (QED) is 0.262. The molecular formula is C24H20N4O4S. The summed E-state index contributed by atoms with van der Waals surface area (Å²) in [5.74, 6) is 0.272. The molecule has 0 spiro atoms. The van der Waals surface area contributed by atoms with E-state index in [0.717, 1.165) is 16.9 Å². The van der Waals surface area contributed by atoms with Crippen LogP contribution in [0, 0.1) is 10.1 Å². The normalized spacial score (nSPS) is 10.5. The van der Waals surface area contributed by atoms with Gasteiger partial charge in [0.1, 0.15) is 11.4 Å². The number of ether oxygens (including phenoxy) is 1. The number of nitro benzene ring substituents is 1. The Morgan fingerprint density at radius 3 is 2.55 bits per heavy atom. The van der Waals surface area contributed by atoms with Crippen LogP contribution in [0.2, 0.25) is 0 Å². The number of nitro groups is 1. The molecule has 9 heteroatoms. The van der Waals surface area contributed by atoms with E-state index in [2.05, 4.69) is 15.6 Å². The lowest BCUT2D eigenvalue weighted by molar-refractivity contribution is -0.384. The number of hydrogen-bond donors (Lipinski definition) is 2. The highest BCUT2D eigenvalue weighted by Gasteiger charge is 2.18. The molecule has 0 radical (unpaired) electrons. The van der Waals surface area contributed by atoms with E-state index in [0.29, 0.717) is 23.1 Å². The van der Waals surface area contributed by atoms with Crippen LogP contribution in [0.1, 0.15) is 15.9 Å². The number of anilines is 2. The molecule has 166 valence electrons. The van der Waals surface area contributed by atoms with Crippen molar-refractivity contribution in [2.75, 3.05) is 17.7 Å². The van der Waals surface area contributed by atoms with Crippen LogP contribution < -0.4 is 15.4 Å². The molecule has 1 heterocycles. The highest BCUT2D eigenvalue weighted by atomic mass is 32.1. The van der Waals surface area contributed by atoms with E-state index in [1.807, 2.05) is 60.0 Å². The number of carbonyl (C=O) groups excluding carboxylic acids is 1. The van der Waals surface area contributed by atoms with Gasteiger partial charge >= 0.3 is 0 Å². The average Bonchev–Trinajstić information content (AvgIpc) is 3.31. The zero-order valence-electron chi connectivity index (χ0n) is 17.6. The molecule has 0 atom stereocenters. The first-order valence-corrected chi connectivity index (χ1v) is 10.9. The van der Waals surface area contributed by atoms with Crippen LogP contribution in [0.4, 0.5) is 16.5 Å². The van der Waals surface area contributed by atoms with E-state index in [9.17, 15) is 14.9 Å². The molecule has 0 bridgehead atoms. The number of amides is 1. The summed E-state index contributed by atoms with van der Waals surface area (Å²) >= 11 is 1.28. The number of methoxy groups -OCH3 is 1. The summed E-state index contributed by atoms with van der Waals surface area (Å²) in [6, 6.07) is 21.3. The molecule has 4 aromatic rings. The third-order valence-corrected chi connectivity index (χ3v) is 5.65. The second kappa shape index (κ2) is 9.92. The number of thiazole rings is 1. The Kier molecular flexibility index (Phi) is 6.61. The summed E-state index contributed by atoms with van der Waals surface area (Å²) in [6.45, 7) is 0.431. The maximum Gasteiger partial charge on any atom is 0.293 e. The van der Waals surface area contributed by atoms with E-state index in [4.69, 9.17) is 4.74 Å². The fourth-order valence-corrected chi connectivity index (χ4v) is 3.88. The molecule has 0 aliphatic heterocycles. The molecule has 0 saturated heterocycles. The van der Waals surface area contributed by atoms with Crippen LogP contribution in [0.15, 0.2) is 78.2 Å². The Labute approximate surface area is 194 Å². The topological polar surface area (TPSA) is 106 Å². The van der Waals surface area contributed by atoms with Crippen LogP contribution >= 0.6 is 11.3 Å². The lowest BCUT2D eigenvalue weighted by Gasteiger charge is -2.09. The summed E-state index contributed by atoms with van der Waals surface area (Å²) in [4.78, 5) is 28.2. The standard InChI is InChI=1S/C24H20N4O4S/c1-32-19-10-7-17(8-11-19)21-15-33-24(26-21)27-23(29)18-9-12-20(22(13-18)28(30)31)25-14-16-5-3-2-4-6-16/h2-13,15,25H,14H2,1H3,(H,26,27,29). The van der Waals surface area contributed by atoms with Gasteiger partial charge in [0, 0.05) is 29.1 Å². The molecular weight excluding hydrogens is 440 g/mol. The minimum Gasteiger partial charge on any atom is -0.497 e. The van der Waals surface area contributed by atoms with E-state index in [1.165, 1.54) is 17.4 Å². The average molecular weight is 461 g/mol. The van der Waals surface area contributed by atoms with Gasteiger partial charge in [-0.3, -0.25) is 20.2 Å². The number of benzene rings is 3. The fraction of sp³-hybridized carbons (Fsp3) is 0.0833. The third kappa shape index (κ3) is 5.34. The molecule has 3 aromatic carbocycles. The Hall–Kier alpha value is -4.24. The largest absolute Gasteiger partial charge is 0.497 e. The highest BCUT2D eigenvalue weighted by Crippen LogP contribution is 2.29. The van der Waals surface area contributed by atoms with Gasteiger partial charge in [-0.25, -0.2) is 4.98 Å². The third-order valence-electron chi connectivity index (χ3n) is 4.89. The number of rotatable bonds is 8. The van der Waals surface area contributed by atoms with Gasteiger partial charge in [-0.15, -0.1) is 11.3 Å². The summed E-state index contributed by atoms with van der Waals surface area (Å²) in [6.07, 6.45) is 0. The molecule has 0 aliphatic rings. The van der Waals surface area contributed by atoms with Gasteiger partial charge in [0.2, 0.25) is 0 Å². The van der Waals surface area contributed by atoms with Gasteiger partial charge in [-0.1, -0.05) is 30.3 Å². The van der Waals surface area contributed by atoms with Gasteiger partial charge in [0.25, 0.3) is 11.6 Å². The van der Waals surface area contributed by atoms with Crippen LogP contribution in [0.25, 0.3) is 11.3 Å². The van der Waals surface area contributed by atoms with Crippen molar-refractivity contribution in [2.45, 2.75) is 6.54 Å². The first-order chi connectivity index (χ1) is 16.0. The molecule has 33 heavy (non-hydrogen) atoms. The monoisotopic (exact) mass is 460 g/mol. The molecule has 0 aliphatic carbocycles. The lowest BCUT2D eigenvalue weighted by Crippen LogP contribution is -2.12. The van der Waals surface area contributed by atoms with Gasteiger partial charge < -0.3 is 10.1 Å². The Morgan fingerprint density at radius 1 is 1.09 bits per heavy atom. The second-order valence-corrected chi connectivity index (χ2v) is 7.91. The number of hydrogen-bond acceptors (Lipinski definition) is 7. The SMILES string of the molecule is COc1ccc(-c2csc(NC(=O)c3ccc(NCc4ccccc4)c([N+](=O)[O-])c3)n2)cc1. The number of carbonyl (C=O) groups is 1. The van der Waals surface area contributed by atoms with E-state index in [1.54, 1.807) is 19.2 Å². The minimum atomic E-state index is -0.505. The molecule has 0 unspecified atom stereocenters. The summed E-state index contributed by atoms with van der Waals surface area (Å²) in [5, 5.41) is 19.6. The molecule has 0 saturated carbocycles.